The zero-order valence-electron chi connectivity index (χ0n) is 7.77. The molecule has 4 nitrogen and oxygen atoms in total. The standard InChI is InChI=1S/C9H10N4S/c1-6-3-2-4-11-8(6)9-13-12-7(5-10)14-9/h2-4H,5,10H2,1H3. The largest absolute Gasteiger partial charge is 0.324 e. The van der Waals surface area contributed by atoms with Crippen LogP contribution in [0.4, 0.5) is 0 Å². The quantitative estimate of drug-likeness (QED) is 0.806. The monoisotopic (exact) mass is 206 g/mol. The van der Waals surface area contributed by atoms with E-state index in [4.69, 9.17) is 5.73 Å². The van der Waals surface area contributed by atoms with Gasteiger partial charge in [-0.3, -0.25) is 4.98 Å². The molecule has 0 atom stereocenters. The van der Waals surface area contributed by atoms with Gasteiger partial charge in [0.15, 0.2) is 5.01 Å². The van der Waals surface area contributed by atoms with Crippen LogP contribution in [0.2, 0.25) is 0 Å². The van der Waals surface area contributed by atoms with Crippen LogP contribution in [0, 0.1) is 6.92 Å². The Labute approximate surface area is 85.8 Å². The molecule has 2 N–H and O–H groups in total. The molecule has 0 bridgehead atoms. The highest BCUT2D eigenvalue weighted by molar-refractivity contribution is 7.14. The zero-order valence-corrected chi connectivity index (χ0v) is 8.58. The van der Waals surface area contributed by atoms with Crippen LogP contribution in [0.25, 0.3) is 10.7 Å². The number of aromatic nitrogens is 3. The summed E-state index contributed by atoms with van der Waals surface area (Å²) in [5, 5.41) is 9.67. The van der Waals surface area contributed by atoms with E-state index in [9.17, 15) is 0 Å². The van der Waals surface area contributed by atoms with Crippen molar-refractivity contribution in [1.82, 2.24) is 15.2 Å². The van der Waals surface area contributed by atoms with E-state index in [-0.39, 0.29) is 0 Å². The van der Waals surface area contributed by atoms with Crippen LogP contribution in [0.15, 0.2) is 18.3 Å². The van der Waals surface area contributed by atoms with Gasteiger partial charge in [0.25, 0.3) is 0 Å². The molecule has 0 aliphatic rings. The Hall–Kier alpha value is -1.33. The molecule has 0 saturated heterocycles. The molecule has 72 valence electrons. The van der Waals surface area contributed by atoms with Crippen molar-refractivity contribution in [2.45, 2.75) is 13.5 Å². The Morgan fingerprint density at radius 3 is 2.93 bits per heavy atom. The number of nitrogens with two attached hydrogens (primary N) is 1. The van der Waals surface area contributed by atoms with Crippen molar-refractivity contribution < 1.29 is 0 Å². The SMILES string of the molecule is Cc1cccnc1-c1nnc(CN)s1. The van der Waals surface area contributed by atoms with Gasteiger partial charge in [-0.1, -0.05) is 17.4 Å². The smallest absolute Gasteiger partial charge is 0.166 e. The predicted octanol–water partition coefficient (Wildman–Crippen LogP) is 1.37. The lowest BCUT2D eigenvalue weighted by atomic mass is 10.2. The Morgan fingerprint density at radius 1 is 1.43 bits per heavy atom. The van der Waals surface area contributed by atoms with Gasteiger partial charge >= 0.3 is 0 Å². The fraction of sp³-hybridized carbons (Fsp3) is 0.222. The van der Waals surface area contributed by atoms with Gasteiger partial charge < -0.3 is 5.73 Å². The molecule has 0 fully saturated rings. The summed E-state index contributed by atoms with van der Waals surface area (Å²) in [5.41, 5.74) is 7.46. The summed E-state index contributed by atoms with van der Waals surface area (Å²) in [5.74, 6) is 0. The summed E-state index contributed by atoms with van der Waals surface area (Å²) in [7, 11) is 0. The van der Waals surface area contributed by atoms with Crippen molar-refractivity contribution in [1.29, 1.82) is 0 Å². The van der Waals surface area contributed by atoms with Crippen LogP contribution in [-0.4, -0.2) is 15.2 Å². The zero-order chi connectivity index (χ0) is 9.97. The predicted molar refractivity (Wildman–Crippen MR) is 55.8 cm³/mol. The number of rotatable bonds is 2. The summed E-state index contributed by atoms with van der Waals surface area (Å²) in [6.07, 6.45) is 1.76. The molecular weight excluding hydrogens is 196 g/mol. The third-order valence-electron chi connectivity index (χ3n) is 1.85. The first-order valence-corrected chi connectivity index (χ1v) is 5.07. The van der Waals surface area contributed by atoms with Crippen LogP contribution >= 0.6 is 11.3 Å². The summed E-state index contributed by atoms with van der Waals surface area (Å²) in [6.45, 7) is 2.44. The highest BCUT2D eigenvalue weighted by atomic mass is 32.1. The molecule has 14 heavy (non-hydrogen) atoms. The van der Waals surface area contributed by atoms with Gasteiger partial charge in [0.1, 0.15) is 10.7 Å². The molecule has 2 heterocycles. The molecule has 0 aliphatic heterocycles. The van der Waals surface area contributed by atoms with Crippen LogP contribution in [0.5, 0.6) is 0 Å². The van der Waals surface area contributed by atoms with E-state index >= 15 is 0 Å². The van der Waals surface area contributed by atoms with Crippen molar-refractivity contribution in [3.05, 3.63) is 28.9 Å². The minimum Gasteiger partial charge on any atom is -0.324 e. The molecule has 0 saturated carbocycles. The topological polar surface area (TPSA) is 64.7 Å². The summed E-state index contributed by atoms with van der Waals surface area (Å²) >= 11 is 1.49. The summed E-state index contributed by atoms with van der Waals surface area (Å²) in [6, 6.07) is 3.91. The molecule has 0 aliphatic carbocycles. The average Bonchev–Trinajstić information content (AvgIpc) is 2.67. The Balaban J connectivity index is 2.44. The van der Waals surface area contributed by atoms with Gasteiger partial charge in [0.2, 0.25) is 0 Å². The summed E-state index contributed by atoms with van der Waals surface area (Å²) < 4.78 is 0. The van der Waals surface area contributed by atoms with Gasteiger partial charge in [0.05, 0.1) is 0 Å². The minimum absolute atomic E-state index is 0.434. The number of aryl methyl sites for hydroxylation is 1. The van der Waals surface area contributed by atoms with E-state index in [1.807, 2.05) is 19.1 Å². The third kappa shape index (κ3) is 1.64. The average molecular weight is 206 g/mol. The van der Waals surface area contributed by atoms with Gasteiger partial charge in [-0.15, -0.1) is 10.2 Å². The second-order valence-electron chi connectivity index (χ2n) is 2.87. The van der Waals surface area contributed by atoms with Gasteiger partial charge in [-0.2, -0.15) is 0 Å². The van der Waals surface area contributed by atoms with Crippen molar-refractivity contribution >= 4 is 11.3 Å². The number of nitrogens with zero attached hydrogens (tertiary/aromatic N) is 3. The Morgan fingerprint density at radius 2 is 2.29 bits per heavy atom. The molecule has 5 heteroatoms. The van der Waals surface area contributed by atoms with Crippen LogP contribution in [0.1, 0.15) is 10.6 Å². The highest BCUT2D eigenvalue weighted by Gasteiger charge is 2.08. The first kappa shape index (κ1) is 9.23. The lowest BCUT2D eigenvalue weighted by molar-refractivity contribution is 0.958. The molecule has 0 spiro atoms. The normalized spacial score (nSPS) is 10.4. The molecule has 2 aromatic rings. The van der Waals surface area contributed by atoms with Gasteiger partial charge in [-0.25, -0.2) is 0 Å². The van der Waals surface area contributed by atoms with Crippen molar-refractivity contribution in [3.8, 4) is 10.7 Å². The lowest BCUT2D eigenvalue weighted by Crippen LogP contribution is -1.94. The van der Waals surface area contributed by atoms with E-state index in [0.717, 1.165) is 21.3 Å². The van der Waals surface area contributed by atoms with Gasteiger partial charge in [0, 0.05) is 12.7 Å². The van der Waals surface area contributed by atoms with Crippen LogP contribution in [-0.2, 0) is 6.54 Å². The number of hydrogen-bond donors (Lipinski definition) is 1. The Bertz CT molecular complexity index is 438. The van der Waals surface area contributed by atoms with E-state index < -0.39 is 0 Å². The third-order valence-corrected chi connectivity index (χ3v) is 2.81. The molecular formula is C9H10N4S. The van der Waals surface area contributed by atoms with E-state index in [1.54, 1.807) is 6.20 Å². The number of hydrogen-bond acceptors (Lipinski definition) is 5. The maximum Gasteiger partial charge on any atom is 0.166 e. The van der Waals surface area contributed by atoms with Crippen molar-refractivity contribution in [2.24, 2.45) is 5.73 Å². The fourth-order valence-corrected chi connectivity index (χ4v) is 1.92. The van der Waals surface area contributed by atoms with E-state index in [0.29, 0.717) is 6.54 Å². The van der Waals surface area contributed by atoms with E-state index in [1.165, 1.54) is 11.3 Å². The van der Waals surface area contributed by atoms with Gasteiger partial charge in [-0.05, 0) is 18.6 Å². The molecule has 0 radical (unpaired) electrons. The number of pyridine rings is 1. The highest BCUT2D eigenvalue weighted by Crippen LogP contribution is 2.23. The Kier molecular flexibility index (Phi) is 2.51. The molecule has 0 amide bonds. The maximum atomic E-state index is 5.47. The first-order chi connectivity index (χ1) is 6.81. The fourth-order valence-electron chi connectivity index (χ4n) is 1.14. The molecule has 2 rings (SSSR count). The first-order valence-electron chi connectivity index (χ1n) is 4.25. The second-order valence-corrected chi connectivity index (χ2v) is 3.94. The minimum atomic E-state index is 0.434. The second kappa shape index (κ2) is 3.81. The lowest BCUT2D eigenvalue weighted by Gasteiger charge is -1.97. The van der Waals surface area contributed by atoms with Crippen LogP contribution < -0.4 is 5.73 Å². The summed E-state index contributed by atoms with van der Waals surface area (Å²) in [4.78, 5) is 4.26. The maximum absolute atomic E-state index is 5.47. The van der Waals surface area contributed by atoms with Crippen molar-refractivity contribution in [3.63, 3.8) is 0 Å². The molecule has 0 unspecified atom stereocenters. The molecule has 0 aromatic carbocycles. The molecule has 2 aromatic heterocycles. The van der Waals surface area contributed by atoms with Crippen LogP contribution in [0.3, 0.4) is 0 Å². The van der Waals surface area contributed by atoms with Crippen molar-refractivity contribution in [2.75, 3.05) is 0 Å². The van der Waals surface area contributed by atoms with E-state index in [2.05, 4.69) is 15.2 Å².